The maximum atomic E-state index is 11.4. The van der Waals surface area contributed by atoms with Crippen LogP contribution in [-0.2, 0) is 16.1 Å². The molecule has 7 heteroatoms. The van der Waals surface area contributed by atoms with Gasteiger partial charge in [0, 0.05) is 50.3 Å². The highest BCUT2D eigenvalue weighted by molar-refractivity contribution is 6.33. The highest BCUT2D eigenvalue weighted by Crippen LogP contribution is 2.24. The van der Waals surface area contributed by atoms with Crippen LogP contribution in [0.2, 0.25) is 5.02 Å². The van der Waals surface area contributed by atoms with E-state index in [9.17, 15) is 4.79 Å². The van der Waals surface area contributed by atoms with Gasteiger partial charge < -0.3 is 10.1 Å². The van der Waals surface area contributed by atoms with Crippen LogP contribution in [0, 0.1) is 0 Å². The first-order chi connectivity index (χ1) is 13.6. The first-order valence-electron chi connectivity index (χ1n) is 9.52. The summed E-state index contributed by atoms with van der Waals surface area (Å²) >= 11 is 6.37. The molecule has 2 aromatic heterocycles. The van der Waals surface area contributed by atoms with E-state index in [1.807, 2.05) is 12.4 Å². The number of nitrogens with zero attached hydrogens (tertiary/aromatic N) is 3. The molecule has 1 aliphatic heterocycles. The molecule has 0 aliphatic carbocycles. The predicted molar refractivity (Wildman–Crippen MR) is 111 cm³/mol. The summed E-state index contributed by atoms with van der Waals surface area (Å²) in [7, 11) is 0. The fourth-order valence-electron chi connectivity index (χ4n) is 3.18. The van der Waals surface area contributed by atoms with Gasteiger partial charge in [0.1, 0.15) is 5.82 Å². The van der Waals surface area contributed by atoms with Gasteiger partial charge >= 0.3 is 5.97 Å². The summed E-state index contributed by atoms with van der Waals surface area (Å²) < 4.78 is 4.87. The van der Waals surface area contributed by atoms with Crippen LogP contribution in [0.15, 0.2) is 42.9 Å². The third-order valence-electron chi connectivity index (χ3n) is 4.64. The molecule has 0 radical (unpaired) electrons. The van der Waals surface area contributed by atoms with Gasteiger partial charge in [-0.15, -0.1) is 0 Å². The number of aromatic nitrogens is 2. The van der Waals surface area contributed by atoms with Crippen molar-refractivity contribution in [2.75, 3.05) is 25.0 Å². The number of likely N-dealkylation sites (tertiary alicyclic amines) is 1. The molecule has 3 rings (SSSR count). The Labute approximate surface area is 170 Å². The van der Waals surface area contributed by atoms with Crippen molar-refractivity contribution in [1.82, 2.24) is 14.9 Å². The molecule has 0 saturated carbocycles. The van der Waals surface area contributed by atoms with Crippen molar-refractivity contribution in [3.05, 3.63) is 59.0 Å². The summed E-state index contributed by atoms with van der Waals surface area (Å²) in [5, 5.41) is 4.00. The number of hydrogen-bond acceptors (Lipinski definition) is 6. The number of pyridine rings is 2. The Morgan fingerprint density at radius 3 is 2.79 bits per heavy atom. The second-order valence-corrected chi connectivity index (χ2v) is 7.14. The van der Waals surface area contributed by atoms with E-state index in [4.69, 9.17) is 16.3 Å². The zero-order valence-electron chi connectivity index (χ0n) is 16.0. The van der Waals surface area contributed by atoms with Crippen molar-refractivity contribution in [2.24, 2.45) is 0 Å². The SMILES string of the molecule is CCOC(=O)/C=C/c1cnc(NC2CCN(Cc3ccncc3)CC2)c(Cl)c1. The number of rotatable bonds is 7. The number of ether oxygens (including phenoxy) is 1. The molecular weight excluding hydrogens is 376 g/mol. The summed E-state index contributed by atoms with van der Waals surface area (Å²) in [6.07, 6.45) is 10.5. The number of carbonyl (C=O) groups is 1. The minimum Gasteiger partial charge on any atom is -0.463 e. The summed E-state index contributed by atoms with van der Waals surface area (Å²) in [4.78, 5) is 22.3. The van der Waals surface area contributed by atoms with Crippen LogP contribution in [0.25, 0.3) is 6.08 Å². The number of piperidine rings is 1. The van der Waals surface area contributed by atoms with Gasteiger partial charge in [0.25, 0.3) is 0 Å². The quantitative estimate of drug-likeness (QED) is 0.563. The first-order valence-corrected chi connectivity index (χ1v) is 9.90. The predicted octanol–water partition coefficient (Wildman–Crippen LogP) is 3.78. The maximum Gasteiger partial charge on any atom is 0.330 e. The maximum absolute atomic E-state index is 11.4. The Hall–Kier alpha value is -2.44. The van der Waals surface area contributed by atoms with Gasteiger partial charge in [-0.3, -0.25) is 9.88 Å². The van der Waals surface area contributed by atoms with Crippen LogP contribution in [0.1, 0.15) is 30.9 Å². The molecule has 148 valence electrons. The number of hydrogen-bond donors (Lipinski definition) is 1. The summed E-state index contributed by atoms with van der Waals surface area (Å²) in [5.41, 5.74) is 2.05. The highest BCUT2D eigenvalue weighted by atomic mass is 35.5. The van der Waals surface area contributed by atoms with Crippen LogP contribution < -0.4 is 5.32 Å². The van der Waals surface area contributed by atoms with Crippen molar-refractivity contribution >= 4 is 29.5 Å². The van der Waals surface area contributed by atoms with Crippen LogP contribution in [0.4, 0.5) is 5.82 Å². The molecule has 1 aliphatic rings. The highest BCUT2D eigenvalue weighted by Gasteiger charge is 2.20. The Kier molecular flexibility index (Phi) is 7.39. The molecule has 0 unspecified atom stereocenters. The smallest absolute Gasteiger partial charge is 0.330 e. The lowest BCUT2D eigenvalue weighted by Crippen LogP contribution is -2.38. The zero-order valence-corrected chi connectivity index (χ0v) is 16.7. The van der Waals surface area contributed by atoms with E-state index in [0.29, 0.717) is 23.5 Å². The second kappa shape index (κ2) is 10.2. The van der Waals surface area contributed by atoms with Crippen LogP contribution in [-0.4, -0.2) is 46.6 Å². The van der Waals surface area contributed by atoms with Gasteiger partial charge in [-0.25, -0.2) is 9.78 Å². The normalized spacial score (nSPS) is 15.6. The number of anilines is 1. The molecule has 3 heterocycles. The molecular formula is C21H25ClN4O2. The van der Waals surface area contributed by atoms with E-state index in [1.165, 1.54) is 11.6 Å². The fourth-order valence-corrected chi connectivity index (χ4v) is 3.41. The molecule has 1 fully saturated rings. The van der Waals surface area contributed by atoms with Crippen LogP contribution in [0.3, 0.4) is 0 Å². The van der Waals surface area contributed by atoms with E-state index in [1.54, 1.807) is 25.3 Å². The zero-order chi connectivity index (χ0) is 19.8. The molecule has 6 nitrogen and oxygen atoms in total. The molecule has 0 spiro atoms. The largest absolute Gasteiger partial charge is 0.463 e. The lowest BCUT2D eigenvalue weighted by atomic mass is 10.0. The molecule has 2 aromatic rings. The van der Waals surface area contributed by atoms with Crippen molar-refractivity contribution < 1.29 is 9.53 Å². The van der Waals surface area contributed by atoms with Crippen molar-refractivity contribution in [3.8, 4) is 0 Å². The minimum absolute atomic E-state index is 0.347. The Morgan fingerprint density at radius 1 is 1.36 bits per heavy atom. The van der Waals surface area contributed by atoms with Gasteiger partial charge in [-0.05, 0) is 55.2 Å². The number of carbonyl (C=O) groups excluding carboxylic acids is 1. The van der Waals surface area contributed by atoms with Gasteiger partial charge in [-0.1, -0.05) is 11.6 Å². The Bertz CT molecular complexity index is 805. The number of esters is 1. The topological polar surface area (TPSA) is 67.3 Å². The summed E-state index contributed by atoms with van der Waals surface area (Å²) in [6, 6.07) is 6.27. The molecule has 0 aromatic carbocycles. The van der Waals surface area contributed by atoms with Gasteiger partial charge in [0.15, 0.2) is 0 Å². The number of halogens is 1. The minimum atomic E-state index is -0.376. The van der Waals surface area contributed by atoms with E-state index in [2.05, 4.69) is 32.3 Å². The van der Waals surface area contributed by atoms with E-state index < -0.39 is 0 Å². The molecule has 0 amide bonds. The molecule has 0 bridgehead atoms. The number of nitrogens with one attached hydrogen (secondary N) is 1. The van der Waals surface area contributed by atoms with E-state index in [-0.39, 0.29) is 5.97 Å². The lowest BCUT2D eigenvalue weighted by molar-refractivity contribution is -0.137. The van der Waals surface area contributed by atoms with Crippen LogP contribution >= 0.6 is 11.6 Å². The molecule has 1 N–H and O–H groups in total. The lowest BCUT2D eigenvalue weighted by Gasteiger charge is -2.32. The molecule has 0 atom stereocenters. The van der Waals surface area contributed by atoms with Crippen molar-refractivity contribution in [1.29, 1.82) is 0 Å². The average molecular weight is 401 g/mol. The third-order valence-corrected chi connectivity index (χ3v) is 4.93. The van der Waals surface area contributed by atoms with Crippen molar-refractivity contribution in [2.45, 2.75) is 32.4 Å². The van der Waals surface area contributed by atoms with Gasteiger partial charge in [-0.2, -0.15) is 0 Å². The Morgan fingerprint density at radius 2 is 2.11 bits per heavy atom. The van der Waals surface area contributed by atoms with Gasteiger partial charge in [0.05, 0.1) is 11.6 Å². The van der Waals surface area contributed by atoms with Crippen molar-refractivity contribution in [3.63, 3.8) is 0 Å². The van der Waals surface area contributed by atoms with Gasteiger partial charge in [0.2, 0.25) is 0 Å². The standard InChI is InChI=1S/C21H25ClN4O2/c1-2-28-20(27)4-3-17-13-19(22)21(24-14-17)25-18-7-11-26(12-8-18)15-16-5-9-23-10-6-16/h3-6,9-10,13-14,18H,2,7-8,11-12,15H2,1H3,(H,24,25)/b4-3+. The first kappa shape index (κ1) is 20.3. The Balaban J connectivity index is 1.50. The summed E-state index contributed by atoms with van der Waals surface area (Å²) in [6.45, 7) is 5.13. The second-order valence-electron chi connectivity index (χ2n) is 6.73. The monoisotopic (exact) mass is 400 g/mol. The van der Waals surface area contributed by atoms with Crippen LogP contribution in [0.5, 0.6) is 0 Å². The fraction of sp³-hybridized carbons (Fsp3) is 0.381. The van der Waals surface area contributed by atoms with E-state index in [0.717, 1.165) is 38.0 Å². The molecule has 1 saturated heterocycles. The third kappa shape index (κ3) is 6.04. The average Bonchev–Trinajstić information content (AvgIpc) is 2.71. The molecule has 28 heavy (non-hydrogen) atoms. The van der Waals surface area contributed by atoms with E-state index >= 15 is 0 Å². The summed E-state index contributed by atoms with van der Waals surface area (Å²) in [5.74, 6) is 0.307.